The molecule has 2 aromatic heterocycles. The second-order valence-corrected chi connectivity index (χ2v) is 9.74. The number of aryl methyl sites for hydroxylation is 4. The van der Waals surface area contributed by atoms with Gasteiger partial charge in [0.15, 0.2) is 24.8 Å². The second kappa shape index (κ2) is 13.0. The van der Waals surface area contributed by atoms with Crippen molar-refractivity contribution in [2.45, 2.75) is 64.5 Å². The molecule has 2 nitrogen and oxygen atoms in total. The van der Waals surface area contributed by atoms with Gasteiger partial charge in [0.05, 0.1) is 8.95 Å². The molecule has 0 unspecified atom stereocenters. The zero-order chi connectivity index (χ0) is 21.0. The van der Waals surface area contributed by atoms with E-state index in [1.165, 1.54) is 51.4 Å². The second-order valence-electron chi connectivity index (χ2n) is 7.91. The summed E-state index contributed by atoms with van der Waals surface area (Å²) >= 11 is 7.09. The third-order valence-corrected chi connectivity index (χ3v) is 6.43. The minimum Gasteiger partial charge on any atom is -0.204 e. The van der Waals surface area contributed by atoms with Gasteiger partial charge in [-0.1, -0.05) is 24.3 Å². The van der Waals surface area contributed by atoms with Crippen molar-refractivity contribution >= 4 is 31.9 Å². The summed E-state index contributed by atoms with van der Waals surface area (Å²) in [6.45, 7) is 2.19. The minimum atomic E-state index is 1.09. The van der Waals surface area contributed by atoms with Gasteiger partial charge in [0.25, 0.3) is 0 Å². The van der Waals surface area contributed by atoms with E-state index in [9.17, 15) is 0 Å². The van der Waals surface area contributed by atoms with Crippen molar-refractivity contribution in [3.63, 3.8) is 0 Å². The Morgan fingerprint density at radius 1 is 0.533 bits per heavy atom. The third kappa shape index (κ3) is 8.31. The number of hydrogen-bond acceptors (Lipinski definition) is 0. The number of pyridine rings is 2. The Kier molecular flexibility index (Phi) is 10.0. The molecule has 0 bridgehead atoms. The van der Waals surface area contributed by atoms with Crippen LogP contribution in [-0.2, 0) is 25.9 Å². The van der Waals surface area contributed by atoms with Crippen molar-refractivity contribution in [1.82, 2.24) is 0 Å². The Morgan fingerprint density at radius 2 is 1.00 bits per heavy atom. The molecular weight excluding hydrogens is 500 g/mol. The largest absolute Gasteiger partial charge is 0.204 e. The molecule has 0 amide bonds. The highest BCUT2D eigenvalue weighted by atomic mass is 79.9. The Balaban J connectivity index is 1.34. The SMILES string of the molecule is Brc1ccc[n+](CCCCCc2ccccc2CCCCC[n+]2cccc(Br)c2)c1. The van der Waals surface area contributed by atoms with Gasteiger partial charge >= 0.3 is 0 Å². The normalized spacial score (nSPS) is 11.0. The lowest BCUT2D eigenvalue weighted by atomic mass is 9.97. The lowest BCUT2D eigenvalue weighted by molar-refractivity contribution is -0.698. The monoisotopic (exact) mass is 530 g/mol. The predicted octanol–water partition coefficient (Wildman–Crippen LogP) is 6.61. The number of aromatic nitrogens is 2. The number of halogens is 2. The summed E-state index contributed by atoms with van der Waals surface area (Å²) in [5.74, 6) is 0. The van der Waals surface area contributed by atoms with Gasteiger partial charge in [-0.05, 0) is 93.6 Å². The molecule has 0 spiro atoms. The Hall–Kier alpha value is -1.52. The van der Waals surface area contributed by atoms with Crippen LogP contribution in [0.4, 0.5) is 0 Å². The maximum absolute atomic E-state index is 3.54. The third-order valence-electron chi connectivity index (χ3n) is 5.49. The highest BCUT2D eigenvalue weighted by Gasteiger charge is 2.05. The van der Waals surface area contributed by atoms with E-state index in [-0.39, 0.29) is 0 Å². The van der Waals surface area contributed by atoms with Crippen LogP contribution < -0.4 is 9.13 Å². The van der Waals surface area contributed by atoms with Crippen LogP contribution in [0.1, 0.15) is 49.7 Å². The summed E-state index contributed by atoms with van der Waals surface area (Å²) in [4.78, 5) is 0. The topological polar surface area (TPSA) is 7.76 Å². The molecule has 2 heterocycles. The van der Waals surface area contributed by atoms with E-state index in [1.54, 1.807) is 11.1 Å². The van der Waals surface area contributed by atoms with Gasteiger partial charge in [-0.2, -0.15) is 0 Å². The number of hydrogen-bond donors (Lipinski definition) is 0. The van der Waals surface area contributed by atoms with E-state index >= 15 is 0 Å². The molecule has 0 aliphatic carbocycles. The van der Waals surface area contributed by atoms with E-state index < -0.39 is 0 Å². The average molecular weight is 532 g/mol. The summed E-state index contributed by atoms with van der Waals surface area (Å²) in [5, 5.41) is 0. The molecule has 1 aromatic carbocycles. The highest BCUT2D eigenvalue weighted by Crippen LogP contribution is 2.16. The smallest absolute Gasteiger partial charge is 0.183 e. The van der Waals surface area contributed by atoms with Gasteiger partial charge in [-0.25, -0.2) is 9.13 Å². The fourth-order valence-corrected chi connectivity index (χ4v) is 4.71. The zero-order valence-corrected chi connectivity index (χ0v) is 20.8. The quantitative estimate of drug-likeness (QED) is 0.183. The number of benzene rings is 1. The van der Waals surface area contributed by atoms with Crippen LogP contribution in [0.3, 0.4) is 0 Å². The van der Waals surface area contributed by atoms with Crippen molar-refractivity contribution in [2.75, 3.05) is 0 Å². The van der Waals surface area contributed by atoms with Crippen molar-refractivity contribution in [2.24, 2.45) is 0 Å². The van der Waals surface area contributed by atoms with Gasteiger partial charge in [0.2, 0.25) is 0 Å². The summed E-state index contributed by atoms with van der Waals surface area (Å²) in [6.07, 6.45) is 18.6. The van der Waals surface area contributed by atoms with Crippen LogP contribution in [0.2, 0.25) is 0 Å². The Morgan fingerprint density at radius 3 is 1.43 bits per heavy atom. The van der Waals surface area contributed by atoms with Crippen molar-refractivity contribution < 1.29 is 9.13 Å². The lowest BCUT2D eigenvalue weighted by Gasteiger charge is -2.09. The van der Waals surface area contributed by atoms with Crippen molar-refractivity contribution in [1.29, 1.82) is 0 Å². The predicted molar refractivity (Wildman–Crippen MR) is 130 cm³/mol. The number of nitrogens with zero attached hydrogens (tertiary/aromatic N) is 2. The molecule has 3 rings (SSSR count). The van der Waals surface area contributed by atoms with Crippen LogP contribution in [0.15, 0.2) is 82.3 Å². The van der Waals surface area contributed by atoms with Crippen LogP contribution in [0.25, 0.3) is 0 Å². The lowest BCUT2D eigenvalue weighted by Crippen LogP contribution is -2.32. The van der Waals surface area contributed by atoms with Crippen molar-refractivity contribution in [3.8, 4) is 0 Å². The van der Waals surface area contributed by atoms with E-state index in [0.29, 0.717) is 0 Å². The molecule has 0 atom stereocenters. The first-order valence-electron chi connectivity index (χ1n) is 11.1. The fourth-order valence-electron chi connectivity index (χ4n) is 3.88. The molecule has 158 valence electrons. The Labute approximate surface area is 198 Å². The van der Waals surface area contributed by atoms with E-state index in [0.717, 1.165) is 22.0 Å². The maximum atomic E-state index is 3.54. The molecule has 0 aliphatic rings. The van der Waals surface area contributed by atoms with Gasteiger partial charge in [-0.15, -0.1) is 0 Å². The average Bonchev–Trinajstić information content (AvgIpc) is 2.74. The summed E-state index contributed by atoms with van der Waals surface area (Å²) in [7, 11) is 0. The van der Waals surface area contributed by atoms with Crippen LogP contribution in [0.5, 0.6) is 0 Å². The molecule has 3 aromatic rings. The van der Waals surface area contributed by atoms with Gasteiger partial charge in [0, 0.05) is 25.0 Å². The summed E-state index contributed by atoms with van der Waals surface area (Å²) < 4.78 is 6.83. The minimum absolute atomic E-state index is 1.09. The van der Waals surface area contributed by atoms with Crippen LogP contribution in [-0.4, -0.2) is 0 Å². The van der Waals surface area contributed by atoms with Crippen LogP contribution >= 0.6 is 31.9 Å². The van der Waals surface area contributed by atoms with E-state index in [1.807, 2.05) is 0 Å². The van der Waals surface area contributed by atoms with Gasteiger partial charge in [-0.3, -0.25) is 0 Å². The molecule has 0 saturated heterocycles. The first-order valence-corrected chi connectivity index (χ1v) is 12.7. The van der Waals surface area contributed by atoms with E-state index in [4.69, 9.17) is 0 Å². The molecule has 4 heteroatoms. The molecule has 0 aliphatic heterocycles. The molecule has 0 radical (unpaired) electrons. The summed E-state index contributed by atoms with van der Waals surface area (Å²) in [6, 6.07) is 17.4. The Bertz CT molecular complexity index is 836. The number of rotatable bonds is 12. The first-order chi connectivity index (χ1) is 14.7. The zero-order valence-electron chi connectivity index (χ0n) is 17.6. The summed E-state index contributed by atoms with van der Waals surface area (Å²) in [5.41, 5.74) is 3.10. The molecule has 30 heavy (non-hydrogen) atoms. The van der Waals surface area contributed by atoms with Crippen LogP contribution in [0, 0.1) is 0 Å². The maximum Gasteiger partial charge on any atom is 0.183 e. The molecule has 0 N–H and O–H groups in total. The standard InChI is InChI=1S/C26H32Br2N2/c27-25-15-9-19-29(21-25)17-7-1-3-11-23-13-5-6-14-24(23)12-4-2-8-18-30-20-10-16-26(28)22-30/h5-6,9-10,13-16,19-22H,1-4,7-8,11-12,17-18H2/q+2. The fraction of sp³-hybridized carbons (Fsp3) is 0.385. The molecular formula is C26H32Br2N2+2. The first kappa shape index (κ1) is 23.1. The van der Waals surface area contributed by atoms with E-state index in [2.05, 4.69) is 114 Å². The molecule has 0 saturated carbocycles. The van der Waals surface area contributed by atoms with Gasteiger partial charge in [0.1, 0.15) is 13.1 Å². The molecule has 0 fully saturated rings. The van der Waals surface area contributed by atoms with Gasteiger partial charge < -0.3 is 0 Å². The number of unbranched alkanes of at least 4 members (excludes halogenated alkanes) is 4. The highest BCUT2D eigenvalue weighted by molar-refractivity contribution is 9.10. The van der Waals surface area contributed by atoms with Crippen molar-refractivity contribution in [3.05, 3.63) is 93.4 Å².